The van der Waals surface area contributed by atoms with Crippen molar-refractivity contribution in [3.8, 4) is 0 Å². The van der Waals surface area contributed by atoms with Crippen molar-refractivity contribution in [2.75, 3.05) is 26.2 Å². The zero-order valence-electron chi connectivity index (χ0n) is 15.0. The Balaban J connectivity index is 0.00000196. The predicted octanol–water partition coefficient (Wildman–Crippen LogP) is 2.79. The molecule has 0 radical (unpaired) electrons. The van der Waals surface area contributed by atoms with Gasteiger partial charge in [0.25, 0.3) is 5.91 Å². The van der Waals surface area contributed by atoms with Crippen molar-refractivity contribution in [2.24, 2.45) is 0 Å². The van der Waals surface area contributed by atoms with Crippen LogP contribution in [0.15, 0.2) is 48.8 Å². The summed E-state index contributed by atoms with van der Waals surface area (Å²) in [6, 6.07) is 12.6. The second kappa shape index (κ2) is 8.23. The number of piperidine rings is 2. The standard InChI is InChI=1S/C20H26N4O.ClH/c25-19(20(9-12-21-13-10-20)24-14-4-11-22-24)23-15-7-18(8-16-23)17-5-2-1-3-6-17;/h1-6,11,14,18,21H,7-10,12-13,15-16H2;1H. The average molecular weight is 375 g/mol. The van der Waals surface area contributed by atoms with E-state index in [1.807, 2.05) is 16.9 Å². The maximum absolute atomic E-state index is 13.5. The van der Waals surface area contributed by atoms with Gasteiger partial charge < -0.3 is 10.2 Å². The van der Waals surface area contributed by atoms with Crippen LogP contribution in [0.25, 0.3) is 0 Å². The molecule has 140 valence electrons. The number of amides is 1. The molecule has 2 saturated heterocycles. The maximum Gasteiger partial charge on any atom is 0.250 e. The van der Waals surface area contributed by atoms with Gasteiger partial charge in [-0.1, -0.05) is 30.3 Å². The molecule has 0 spiro atoms. The number of nitrogens with one attached hydrogen (secondary N) is 1. The van der Waals surface area contributed by atoms with Crippen LogP contribution < -0.4 is 5.32 Å². The van der Waals surface area contributed by atoms with Crippen molar-refractivity contribution in [3.63, 3.8) is 0 Å². The number of benzene rings is 1. The Labute approximate surface area is 161 Å². The topological polar surface area (TPSA) is 50.2 Å². The third-order valence-electron chi connectivity index (χ3n) is 5.82. The summed E-state index contributed by atoms with van der Waals surface area (Å²) >= 11 is 0. The van der Waals surface area contributed by atoms with Crippen LogP contribution in [0.3, 0.4) is 0 Å². The lowest BCUT2D eigenvalue weighted by Crippen LogP contribution is -2.56. The van der Waals surface area contributed by atoms with Gasteiger partial charge in [-0.2, -0.15) is 5.10 Å². The third kappa shape index (κ3) is 3.51. The number of rotatable bonds is 3. The average Bonchev–Trinajstić information content (AvgIpc) is 3.24. The van der Waals surface area contributed by atoms with Gasteiger partial charge in [0.2, 0.25) is 0 Å². The van der Waals surface area contributed by atoms with Crippen LogP contribution in [0, 0.1) is 0 Å². The number of aromatic nitrogens is 2. The van der Waals surface area contributed by atoms with Crippen molar-refractivity contribution in [1.82, 2.24) is 20.0 Å². The lowest BCUT2D eigenvalue weighted by Gasteiger charge is -2.42. The van der Waals surface area contributed by atoms with Crippen LogP contribution in [0.4, 0.5) is 0 Å². The van der Waals surface area contributed by atoms with Crippen LogP contribution in [-0.4, -0.2) is 46.8 Å². The van der Waals surface area contributed by atoms with Gasteiger partial charge in [-0.15, -0.1) is 12.4 Å². The Kier molecular flexibility index (Phi) is 5.99. The first kappa shape index (κ1) is 18.9. The number of carbonyl (C=O) groups is 1. The van der Waals surface area contributed by atoms with E-state index in [2.05, 4.69) is 45.6 Å². The molecule has 2 aromatic rings. The molecule has 3 heterocycles. The Hall–Kier alpha value is -1.85. The summed E-state index contributed by atoms with van der Waals surface area (Å²) in [7, 11) is 0. The molecular weight excluding hydrogens is 348 g/mol. The van der Waals surface area contributed by atoms with E-state index in [4.69, 9.17) is 0 Å². The molecule has 1 amide bonds. The first-order valence-electron chi connectivity index (χ1n) is 9.35. The van der Waals surface area contributed by atoms with Gasteiger partial charge >= 0.3 is 0 Å². The van der Waals surface area contributed by atoms with Gasteiger partial charge in [0, 0.05) is 25.5 Å². The van der Waals surface area contributed by atoms with E-state index in [1.165, 1.54) is 5.56 Å². The normalized spacial score (nSPS) is 20.4. The van der Waals surface area contributed by atoms with E-state index in [-0.39, 0.29) is 18.3 Å². The van der Waals surface area contributed by atoms with E-state index < -0.39 is 5.54 Å². The van der Waals surface area contributed by atoms with Crippen molar-refractivity contribution >= 4 is 18.3 Å². The summed E-state index contributed by atoms with van der Waals surface area (Å²) in [4.78, 5) is 15.5. The zero-order valence-corrected chi connectivity index (χ0v) is 15.8. The number of nitrogens with zero attached hydrogens (tertiary/aromatic N) is 3. The molecule has 0 aliphatic carbocycles. The molecule has 0 atom stereocenters. The summed E-state index contributed by atoms with van der Waals surface area (Å²) in [5.74, 6) is 0.822. The predicted molar refractivity (Wildman–Crippen MR) is 105 cm³/mol. The van der Waals surface area contributed by atoms with Gasteiger partial charge in [-0.25, -0.2) is 0 Å². The first-order valence-corrected chi connectivity index (χ1v) is 9.35. The van der Waals surface area contributed by atoms with Gasteiger partial charge in [0.1, 0.15) is 5.54 Å². The highest BCUT2D eigenvalue weighted by atomic mass is 35.5. The summed E-state index contributed by atoms with van der Waals surface area (Å²) in [5, 5.41) is 7.81. The first-order chi connectivity index (χ1) is 12.3. The molecule has 5 nitrogen and oxygen atoms in total. The molecule has 1 aromatic carbocycles. The third-order valence-corrected chi connectivity index (χ3v) is 5.82. The molecule has 26 heavy (non-hydrogen) atoms. The Bertz CT molecular complexity index is 690. The van der Waals surface area contributed by atoms with Crippen molar-refractivity contribution in [2.45, 2.75) is 37.1 Å². The fourth-order valence-electron chi connectivity index (χ4n) is 4.34. The quantitative estimate of drug-likeness (QED) is 0.898. The molecule has 2 aliphatic rings. The van der Waals surface area contributed by atoms with Gasteiger partial charge in [0.05, 0.1) is 0 Å². The van der Waals surface area contributed by atoms with Gasteiger partial charge in [0.15, 0.2) is 0 Å². The van der Waals surface area contributed by atoms with E-state index in [0.29, 0.717) is 5.92 Å². The molecule has 0 saturated carbocycles. The van der Waals surface area contributed by atoms with Gasteiger partial charge in [-0.3, -0.25) is 9.48 Å². The molecule has 2 aliphatic heterocycles. The van der Waals surface area contributed by atoms with Crippen LogP contribution in [0.2, 0.25) is 0 Å². The molecular formula is C20H27ClN4O. The van der Waals surface area contributed by atoms with Crippen LogP contribution >= 0.6 is 12.4 Å². The van der Waals surface area contributed by atoms with Gasteiger partial charge in [-0.05, 0) is 56.3 Å². The number of carbonyl (C=O) groups excluding carboxylic acids is 1. The Morgan fingerprint density at radius 2 is 1.77 bits per heavy atom. The monoisotopic (exact) mass is 374 g/mol. The number of hydrogen-bond acceptors (Lipinski definition) is 3. The highest BCUT2D eigenvalue weighted by Gasteiger charge is 2.45. The SMILES string of the molecule is Cl.O=C(N1CCC(c2ccccc2)CC1)C1(n2cccn2)CCNCC1. The fourth-order valence-corrected chi connectivity index (χ4v) is 4.34. The molecule has 6 heteroatoms. The maximum atomic E-state index is 13.5. The molecule has 1 N–H and O–H groups in total. The molecule has 1 aromatic heterocycles. The minimum Gasteiger partial charge on any atom is -0.341 e. The van der Waals surface area contributed by atoms with Crippen LogP contribution in [0.1, 0.15) is 37.2 Å². The largest absolute Gasteiger partial charge is 0.341 e. The number of halogens is 1. The van der Waals surface area contributed by atoms with Crippen molar-refractivity contribution < 1.29 is 4.79 Å². The van der Waals surface area contributed by atoms with Crippen LogP contribution in [-0.2, 0) is 10.3 Å². The zero-order chi connectivity index (χ0) is 17.1. The Morgan fingerprint density at radius 1 is 1.08 bits per heavy atom. The van der Waals surface area contributed by atoms with Crippen LogP contribution in [0.5, 0.6) is 0 Å². The summed E-state index contributed by atoms with van der Waals surface area (Å²) < 4.78 is 1.90. The summed E-state index contributed by atoms with van der Waals surface area (Å²) in [6.45, 7) is 3.42. The minimum absolute atomic E-state index is 0. The smallest absolute Gasteiger partial charge is 0.250 e. The second-order valence-electron chi connectivity index (χ2n) is 7.21. The number of likely N-dealkylation sites (tertiary alicyclic amines) is 1. The van der Waals surface area contributed by atoms with Crippen molar-refractivity contribution in [1.29, 1.82) is 0 Å². The summed E-state index contributed by atoms with van der Waals surface area (Å²) in [5.41, 5.74) is 0.896. The fraction of sp³-hybridized carbons (Fsp3) is 0.500. The minimum atomic E-state index is -0.506. The van der Waals surface area contributed by atoms with E-state index in [0.717, 1.165) is 51.9 Å². The lowest BCUT2D eigenvalue weighted by atomic mass is 9.84. The van der Waals surface area contributed by atoms with Crippen molar-refractivity contribution in [3.05, 3.63) is 54.4 Å². The molecule has 0 bridgehead atoms. The molecule has 2 fully saturated rings. The Morgan fingerprint density at radius 3 is 2.38 bits per heavy atom. The van der Waals surface area contributed by atoms with E-state index >= 15 is 0 Å². The molecule has 0 unspecified atom stereocenters. The number of hydrogen-bond donors (Lipinski definition) is 1. The van der Waals surface area contributed by atoms with E-state index in [1.54, 1.807) is 6.20 Å². The highest BCUT2D eigenvalue weighted by Crippen LogP contribution is 2.33. The molecule has 4 rings (SSSR count). The summed E-state index contributed by atoms with van der Waals surface area (Å²) in [6.07, 6.45) is 7.43. The van der Waals surface area contributed by atoms with E-state index in [9.17, 15) is 4.79 Å². The lowest BCUT2D eigenvalue weighted by molar-refractivity contribution is -0.144. The second-order valence-corrected chi connectivity index (χ2v) is 7.21. The highest BCUT2D eigenvalue weighted by molar-refractivity contribution is 5.85.